The monoisotopic (exact) mass is 259 g/mol. The minimum Gasteiger partial charge on any atom is -0.453 e. The summed E-state index contributed by atoms with van der Waals surface area (Å²) >= 11 is 0. The maximum atomic E-state index is 12.0. The average molecular weight is 259 g/mol. The third-order valence-electron chi connectivity index (χ3n) is 3.19. The topological polar surface area (TPSA) is 59.0 Å². The number of rotatable bonds is 1. The van der Waals surface area contributed by atoms with Gasteiger partial charge in [-0.1, -0.05) is 20.8 Å². The van der Waals surface area contributed by atoms with Crippen molar-refractivity contribution < 1.29 is 19.4 Å². The van der Waals surface area contributed by atoms with Gasteiger partial charge in [-0.25, -0.2) is 4.79 Å². The molecule has 5 nitrogen and oxygen atoms in total. The Morgan fingerprint density at radius 3 is 2.11 bits per heavy atom. The molecule has 0 radical (unpaired) electrons. The van der Waals surface area contributed by atoms with Crippen molar-refractivity contribution >= 4 is 6.09 Å². The van der Waals surface area contributed by atoms with Gasteiger partial charge in [0, 0.05) is 5.41 Å². The first-order valence-electron chi connectivity index (χ1n) is 6.24. The summed E-state index contributed by atoms with van der Waals surface area (Å²) in [5, 5.41) is 10.3. The Bertz CT molecular complexity index is 316. The van der Waals surface area contributed by atoms with Crippen molar-refractivity contribution in [3.63, 3.8) is 0 Å². The van der Waals surface area contributed by atoms with Crippen molar-refractivity contribution in [3.8, 4) is 0 Å². The number of aliphatic hydroxyl groups is 1. The van der Waals surface area contributed by atoms with Crippen LogP contribution in [-0.2, 0) is 9.47 Å². The number of hydrogen-bond donors (Lipinski definition) is 1. The van der Waals surface area contributed by atoms with Crippen LogP contribution in [0.25, 0.3) is 0 Å². The molecule has 0 aromatic rings. The summed E-state index contributed by atoms with van der Waals surface area (Å²) in [6.07, 6.45) is -1.11. The molecule has 3 atom stereocenters. The lowest BCUT2D eigenvalue weighted by Gasteiger charge is -2.38. The summed E-state index contributed by atoms with van der Waals surface area (Å²) in [7, 11) is 1.34. The lowest BCUT2D eigenvalue weighted by atomic mass is 9.90. The lowest BCUT2D eigenvalue weighted by Crippen LogP contribution is -2.55. The zero-order valence-corrected chi connectivity index (χ0v) is 12.4. The van der Waals surface area contributed by atoms with Crippen LogP contribution in [-0.4, -0.2) is 47.2 Å². The summed E-state index contributed by atoms with van der Waals surface area (Å²) in [5.74, 6) is 0. The molecule has 1 aliphatic rings. The van der Waals surface area contributed by atoms with Crippen LogP contribution in [0.15, 0.2) is 0 Å². The van der Waals surface area contributed by atoms with Crippen molar-refractivity contribution in [2.24, 2.45) is 5.41 Å². The van der Waals surface area contributed by atoms with Crippen molar-refractivity contribution in [2.45, 2.75) is 65.5 Å². The third-order valence-corrected chi connectivity index (χ3v) is 3.19. The molecule has 106 valence electrons. The Morgan fingerprint density at radius 1 is 1.28 bits per heavy atom. The van der Waals surface area contributed by atoms with Gasteiger partial charge >= 0.3 is 6.09 Å². The van der Waals surface area contributed by atoms with Crippen LogP contribution in [0.3, 0.4) is 0 Å². The van der Waals surface area contributed by atoms with Crippen LogP contribution in [0.1, 0.15) is 41.5 Å². The van der Waals surface area contributed by atoms with E-state index in [2.05, 4.69) is 0 Å². The van der Waals surface area contributed by atoms with Gasteiger partial charge in [-0.05, 0) is 20.8 Å². The number of amides is 1. The summed E-state index contributed by atoms with van der Waals surface area (Å²) in [6, 6.07) is -0.422. The molecule has 1 heterocycles. The molecule has 1 aliphatic heterocycles. The molecule has 0 saturated carbocycles. The number of hydrogen-bond acceptors (Lipinski definition) is 4. The molecule has 0 aromatic heterocycles. The van der Waals surface area contributed by atoms with Gasteiger partial charge in [-0.3, -0.25) is 4.90 Å². The molecular weight excluding hydrogens is 234 g/mol. The Kier molecular flexibility index (Phi) is 3.98. The molecule has 0 spiro atoms. The minimum atomic E-state index is -1.05. The highest BCUT2D eigenvalue weighted by Gasteiger charge is 2.53. The zero-order chi connectivity index (χ0) is 14.3. The quantitative estimate of drug-likeness (QED) is 0.782. The van der Waals surface area contributed by atoms with Gasteiger partial charge in [-0.2, -0.15) is 0 Å². The van der Waals surface area contributed by atoms with E-state index in [1.165, 1.54) is 12.0 Å². The van der Waals surface area contributed by atoms with Crippen molar-refractivity contribution in [3.05, 3.63) is 0 Å². The fourth-order valence-electron chi connectivity index (χ4n) is 2.57. The first kappa shape index (κ1) is 15.2. The van der Waals surface area contributed by atoms with Crippen molar-refractivity contribution in [1.29, 1.82) is 0 Å². The minimum absolute atomic E-state index is 0.242. The van der Waals surface area contributed by atoms with Crippen LogP contribution in [0, 0.1) is 5.41 Å². The molecule has 1 amide bonds. The molecular formula is C13H25NO4. The van der Waals surface area contributed by atoms with Gasteiger partial charge < -0.3 is 14.6 Å². The van der Waals surface area contributed by atoms with Gasteiger partial charge in [-0.15, -0.1) is 0 Å². The normalized spacial score (nSPS) is 29.6. The predicted octanol–water partition coefficient (Wildman–Crippen LogP) is 1.99. The largest absolute Gasteiger partial charge is 0.453 e. The molecule has 1 fully saturated rings. The van der Waals surface area contributed by atoms with E-state index in [0.29, 0.717) is 0 Å². The SMILES string of the molecule is COC(=O)N1C(C(C)(C)C)OC(C)C1C(C)(C)O. The standard InChI is InChI=1S/C13H25NO4/c1-8-9(13(5,6)16)14(11(15)17-7)10(18-8)12(2,3)4/h8-10,16H,1-7H3. The van der Waals surface area contributed by atoms with Gasteiger partial charge in [0.05, 0.1) is 24.9 Å². The summed E-state index contributed by atoms with van der Waals surface area (Å²) < 4.78 is 10.7. The summed E-state index contributed by atoms with van der Waals surface area (Å²) in [4.78, 5) is 13.5. The van der Waals surface area contributed by atoms with Gasteiger partial charge in [0.2, 0.25) is 0 Å². The number of carbonyl (C=O) groups is 1. The number of nitrogens with zero attached hydrogens (tertiary/aromatic N) is 1. The fourth-order valence-corrected chi connectivity index (χ4v) is 2.57. The van der Waals surface area contributed by atoms with Gasteiger partial charge in [0.25, 0.3) is 0 Å². The van der Waals surface area contributed by atoms with Gasteiger partial charge in [0.15, 0.2) is 0 Å². The molecule has 1 saturated heterocycles. The fraction of sp³-hybridized carbons (Fsp3) is 0.923. The second-order valence-electron chi connectivity index (χ2n) is 6.54. The summed E-state index contributed by atoms with van der Waals surface area (Å²) in [6.45, 7) is 11.2. The Balaban J connectivity index is 3.15. The van der Waals surface area contributed by atoms with E-state index in [4.69, 9.17) is 9.47 Å². The van der Waals surface area contributed by atoms with Gasteiger partial charge in [0.1, 0.15) is 6.23 Å². The molecule has 18 heavy (non-hydrogen) atoms. The zero-order valence-electron chi connectivity index (χ0n) is 12.4. The highest BCUT2D eigenvalue weighted by molar-refractivity contribution is 5.69. The maximum Gasteiger partial charge on any atom is 0.412 e. The van der Waals surface area contributed by atoms with Crippen LogP contribution >= 0.6 is 0 Å². The van der Waals surface area contributed by atoms with Crippen LogP contribution in [0.4, 0.5) is 4.79 Å². The molecule has 3 unspecified atom stereocenters. The average Bonchev–Trinajstić information content (AvgIpc) is 2.53. The van der Waals surface area contributed by atoms with E-state index in [9.17, 15) is 9.90 Å². The highest BCUT2D eigenvalue weighted by atomic mass is 16.6. The molecule has 1 N–H and O–H groups in total. The molecule has 0 bridgehead atoms. The first-order chi connectivity index (χ1) is 8.00. The maximum absolute atomic E-state index is 12.0. The van der Waals surface area contributed by atoms with Crippen LogP contribution in [0.2, 0.25) is 0 Å². The highest BCUT2D eigenvalue weighted by Crippen LogP contribution is 2.38. The van der Waals surface area contributed by atoms with E-state index >= 15 is 0 Å². The number of ether oxygens (including phenoxy) is 2. The second-order valence-corrected chi connectivity index (χ2v) is 6.54. The first-order valence-corrected chi connectivity index (χ1v) is 6.24. The van der Waals surface area contributed by atoms with Crippen LogP contribution in [0.5, 0.6) is 0 Å². The van der Waals surface area contributed by atoms with E-state index in [1.807, 2.05) is 27.7 Å². The third kappa shape index (κ3) is 2.78. The molecule has 0 aromatic carbocycles. The van der Waals surface area contributed by atoms with E-state index in [-0.39, 0.29) is 11.5 Å². The second kappa shape index (κ2) is 4.70. The Hall–Kier alpha value is -0.810. The molecule has 1 rings (SSSR count). The Labute approximate surface area is 109 Å². The molecule has 0 aliphatic carbocycles. The smallest absolute Gasteiger partial charge is 0.412 e. The Morgan fingerprint density at radius 2 is 1.78 bits per heavy atom. The van der Waals surface area contributed by atoms with Crippen LogP contribution < -0.4 is 0 Å². The van der Waals surface area contributed by atoms with Crippen molar-refractivity contribution in [2.75, 3.05) is 7.11 Å². The lowest BCUT2D eigenvalue weighted by molar-refractivity contribution is -0.0616. The van der Waals surface area contributed by atoms with E-state index < -0.39 is 24.0 Å². The van der Waals surface area contributed by atoms with E-state index in [1.54, 1.807) is 13.8 Å². The van der Waals surface area contributed by atoms with Crippen molar-refractivity contribution in [1.82, 2.24) is 4.90 Å². The van der Waals surface area contributed by atoms with E-state index in [0.717, 1.165) is 0 Å². The number of carbonyl (C=O) groups excluding carboxylic acids is 1. The summed E-state index contributed by atoms with van der Waals surface area (Å²) in [5.41, 5.74) is -1.30. The molecule has 5 heteroatoms. The predicted molar refractivity (Wildman–Crippen MR) is 68.1 cm³/mol. The number of methoxy groups -OCH3 is 1.